The first-order chi connectivity index (χ1) is 14.3. The number of nitro benzene ring substituents is 1. The maximum atomic E-state index is 12.2. The zero-order valence-corrected chi connectivity index (χ0v) is 17.3. The summed E-state index contributed by atoms with van der Waals surface area (Å²) in [5, 5.41) is 21.7. The summed E-state index contributed by atoms with van der Waals surface area (Å²) in [5.41, 5.74) is 2.18. The summed E-state index contributed by atoms with van der Waals surface area (Å²) >= 11 is 1.12. The summed E-state index contributed by atoms with van der Waals surface area (Å²) in [6.07, 6.45) is 1.75. The van der Waals surface area contributed by atoms with Gasteiger partial charge in [-0.25, -0.2) is 9.79 Å². The largest absolute Gasteiger partial charge is 0.506 e. The predicted molar refractivity (Wildman–Crippen MR) is 118 cm³/mol. The highest BCUT2D eigenvalue weighted by molar-refractivity contribution is 8.18. The number of aliphatic hydroxyl groups excluding tert-OH is 1. The number of rotatable bonds is 5. The Morgan fingerprint density at radius 1 is 1.17 bits per heavy atom. The lowest BCUT2D eigenvalue weighted by atomic mass is 10.1. The minimum atomic E-state index is -0.716. The average molecular weight is 425 g/mol. The summed E-state index contributed by atoms with van der Waals surface area (Å²) in [5.74, 6) is -0.934. The van der Waals surface area contributed by atoms with Gasteiger partial charge in [-0.05, 0) is 35.9 Å². The van der Waals surface area contributed by atoms with Gasteiger partial charge >= 0.3 is 5.97 Å². The number of carbonyl (C=O) groups excluding carboxylic acids is 1. The van der Waals surface area contributed by atoms with Crippen LogP contribution in [0.4, 0.5) is 17.1 Å². The number of non-ortho nitro benzene ring substituents is 1. The van der Waals surface area contributed by atoms with Gasteiger partial charge in [-0.1, -0.05) is 23.9 Å². The van der Waals surface area contributed by atoms with E-state index in [0.29, 0.717) is 10.6 Å². The third kappa shape index (κ3) is 4.52. The van der Waals surface area contributed by atoms with Gasteiger partial charge in [0, 0.05) is 31.9 Å². The molecule has 0 fully saturated rings. The van der Waals surface area contributed by atoms with Gasteiger partial charge in [-0.3, -0.25) is 10.1 Å². The number of aliphatic hydroxyl groups is 1. The molecule has 8 nitrogen and oxygen atoms in total. The van der Waals surface area contributed by atoms with E-state index >= 15 is 0 Å². The van der Waals surface area contributed by atoms with Crippen LogP contribution >= 0.6 is 11.8 Å². The van der Waals surface area contributed by atoms with Gasteiger partial charge in [-0.2, -0.15) is 0 Å². The van der Waals surface area contributed by atoms with Gasteiger partial charge in [0.15, 0.2) is 0 Å². The fourth-order valence-corrected chi connectivity index (χ4v) is 3.71. The highest BCUT2D eigenvalue weighted by Gasteiger charge is 2.33. The molecule has 0 radical (unpaired) electrons. The van der Waals surface area contributed by atoms with Crippen LogP contribution in [0.15, 0.2) is 69.8 Å². The van der Waals surface area contributed by atoms with Gasteiger partial charge in [-0.15, -0.1) is 0 Å². The van der Waals surface area contributed by atoms with Crippen molar-refractivity contribution in [2.24, 2.45) is 4.99 Å². The van der Waals surface area contributed by atoms with Crippen LogP contribution in [0.5, 0.6) is 0 Å². The van der Waals surface area contributed by atoms with Crippen molar-refractivity contribution >= 4 is 45.9 Å². The van der Waals surface area contributed by atoms with Crippen molar-refractivity contribution in [1.82, 2.24) is 0 Å². The van der Waals surface area contributed by atoms with Crippen LogP contribution in [0.25, 0.3) is 6.08 Å². The van der Waals surface area contributed by atoms with Crippen LogP contribution in [0.2, 0.25) is 0 Å². The van der Waals surface area contributed by atoms with E-state index < -0.39 is 10.9 Å². The lowest BCUT2D eigenvalue weighted by molar-refractivity contribution is -0.384. The van der Waals surface area contributed by atoms with Gasteiger partial charge < -0.3 is 14.7 Å². The number of carbonyl (C=O) groups is 1. The monoisotopic (exact) mass is 425 g/mol. The molecule has 0 saturated carbocycles. The Morgan fingerprint density at radius 3 is 2.33 bits per heavy atom. The van der Waals surface area contributed by atoms with Crippen molar-refractivity contribution in [3.63, 3.8) is 0 Å². The van der Waals surface area contributed by atoms with Crippen LogP contribution in [0, 0.1) is 10.1 Å². The molecule has 154 valence electrons. The number of nitro groups is 1. The molecular formula is C21H19N3O5S. The number of nitrogens with zero attached hydrogens (tertiary/aromatic N) is 3. The molecule has 2 aromatic carbocycles. The van der Waals surface area contributed by atoms with Crippen molar-refractivity contribution in [3.05, 3.63) is 80.4 Å². The van der Waals surface area contributed by atoms with Crippen molar-refractivity contribution in [1.29, 1.82) is 0 Å². The van der Waals surface area contributed by atoms with Crippen molar-refractivity contribution in [3.8, 4) is 0 Å². The van der Waals surface area contributed by atoms with Crippen LogP contribution in [-0.2, 0) is 9.53 Å². The number of benzene rings is 2. The normalized spacial score (nSPS) is 16.2. The van der Waals surface area contributed by atoms with Crippen LogP contribution in [0.3, 0.4) is 0 Å². The molecule has 0 unspecified atom stereocenters. The van der Waals surface area contributed by atoms with E-state index in [4.69, 9.17) is 4.74 Å². The van der Waals surface area contributed by atoms with E-state index in [0.717, 1.165) is 23.0 Å². The summed E-state index contributed by atoms with van der Waals surface area (Å²) in [6, 6.07) is 13.3. The maximum Gasteiger partial charge on any atom is 0.344 e. The Bertz CT molecular complexity index is 1070. The van der Waals surface area contributed by atoms with Crippen molar-refractivity contribution in [2.75, 3.05) is 26.1 Å². The van der Waals surface area contributed by atoms with E-state index in [1.807, 2.05) is 43.3 Å². The molecule has 30 heavy (non-hydrogen) atoms. The topological polar surface area (TPSA) is 105 Å². The molecule has 0 amide bonds. The Hall–Kier alpha value is -3.59. The molecule has 1 N–H and O–H groups in total. The highest BCUT2D eigenvalue weighted by Crippen LogP contribution is 2.40. The zero-order chi connectivity index (χ0) is 21.8. The average Bonchev–Trinajstić information content (AvgIpc) is 3.03. The molecular weight excluding hydrogens is 406 g/mol. The molecule has 1 aliphatic heterocycles. The zero-order valence-electron chi connectivity index (χ0n) is 16.5. The molecule has 0 saturated heterocycles. The lowest BCUT2D eigenvalue weighted by Crippen LogP contribution is -2.10. The standard InChI is InChI=1S/C21H19N3O5S/c1-23(2)15-8-4-13(5-9-15)12-17-19(25)18(21(26)29-3)20(30-17)22-14-6-10-16(11-7-14)24(27)28/h4-12,25H,1-3H3/b17-12+,22-20?. The first-order valence-corrected chi connectivity index (χ1v) is 9.64. The molecule has 0 spiro atoms. The number of hydrogen-bond acceptors (Lipinski definition) is 8. The van der Waals surface area contributed by atoms with Gasteiger partial charge in [0.1, 0.15) is 16.4 Å². The molecule has 3 rings (SSSR count). The smallest absolute Gasteiger partial charge is 0.344 e. The van der Waals surface area contributed by atoms with E-state index in [1.165, 1.54) is 31.4 Å². The summed E-state index contributed by atoms with van der Waals surface area (Å²) in [4.78, 5) is 29.3. The fraction of sp³-hybridized carbons (Fsp3) is 0.143. The minimum Gasteiger partial charge on any atom is -0.506 e. The summed E-state index contributed by atoms with van der Waals surface area (Å²) < 4.78 is 4.79. The number of hydrogen-bond donors (Lipinski definition) is 1. The van der Waals surface area contributed by atoms with Gasteiger partial charge in [0.2, 0.25) is 0 Å². The first-order valence-electron chi connectivity index (χ1n) is 8.82. The molecule has 0 aromatic heterocycles. The third-order valence-electron chi connectivity index (χ3n) is 4.28. The van der Waals surface area contributed by atoms with E-state index in [9.17, 15) is 20.0 Å². The number of ether oxygens (including phenoxy) is 1. The molecule has 0 atom stereocenters. The summed E-state index contributed by atoms with van der Waals surface area (Å²) in [7, 11) is 5.11. The second-order valence-corrected chi connectivity index (χ2v) is 7.53. The van der Waals surface area contributed by atoms with Crippen molar-refractivity contribution in [2.45, 2.75) is 0 Å². The van der Waals surface area contributed by atoms with Crippen molar-refractivity contribution < 1.29 is 19.6 Å². The second-order valence-electron chi connectivity index (χ2n) is 6.50. The molecule has 1 heterocycles. The number of thioether (sulfide) groups is 1. The Kier molecular flexibility index (Phi) is 6.22. The third-order valence-corrected chi connectivity index (χ3v) is 5.30. The number of esters is 1. The van der Waals surface area contributed by atoms with E-state index in [-0.39, 0.29) is 22.1 Å². The lowest BCUT2D eigenvalue weighted by Gasteiger charge is -2.11. The van der Waals surface area contributed by atoms with E-state index in [2.05, 4.69) is 4.99 Å². The first kappa shape index (κ1) is 21.1. The minimum absolute atomic E-state index is 0.0444. The molecule has 0 aliphatic carbocycles. The van der Waals surface area contributed by atoms with Gasteiger partial charge in [0.25, 0.3) is 5.69 Å². The molecule has 1 aliphatic rings. The Balaban J connectivity index is 1.97. The van der Waals surface area contributed by atoms with Gasteiger partial charge in [0.05, 0.1) is 22.6 Å². The van der Waals surface area contributed by atoms with Crippen LogP contribution in [-0.4, -0.2) is 42.2 Å². The highest BCUT2D eigenvalue weighted by atomic mass is 32.2. The number of anilines is 1. The number of aliphatic imine (C=N–C) groups is 1. The molecule has 2 aromatic rings. The SMILES string of the molecule is COC(=O)C1=C(O)/C(=C\c2ccc(N(C)C)cc2)SC1=Nc1ccc([N+](=O)[O-])cc1. The fourth-order valence-electron chi connectivity index (χ4n) is 2.68. The predicted octanol–water partition coefficient (Wildman–Crippen LogP) is 4.46. The quantitative estimate of drug-likeness (QED) is 0.428. The Labute approximate surface area is 177 Å². The van der Waals surface area contributed by atoms with Crippen LogP contribution < -0.4 is 4.90 Å². The molecule has 9 heteroatoms. The van der Waals surface area contributed by atoms with Crippen LogP contribution in [0.1, 0.15) is 5.56 Å². The maximum absolute atomic E-state index is 12.2. The van der Waals surface area contributed by atoms with E-state index in [1.54, 1.807) is 6.08 Å². The molecule has 0 bridgehead atoms. The summed E-state index contributed by atoms with van der Waals surface area (Å²) in [6.45, 7) is 0. The Morgan fingerprint density at radius 2 is 1.80 bits per heavy atom. The second kappa shape index (κ2) is 8.83. The number of methoxy groups -OCH3 is 1.